The maximum absolute atomic E-state index is 12.1. The molecule has 3 rings (SSSR count). The third-order valence-corrected chi connectivity index (χ3v) is 5.21. The summed E-state index contributed by atoms with van der Waals surface area (Å²) in [6.45, 7) is 0. The number of fused-ring (bicyclic) bond motifs is 1. The summed E-state index contributed by atoms with van der Waals surface area (Å²) in [5.41, 5.74) is 1.03. The summed E-state index contributed by atoms with van der Waals surface area (Å²) in [5, 5.41) is 5.59. The van der Waals surface area contributed by atoms with E-state index in [0.29, 0.717) is 11.4 Å². The number of carbonyl (C=O) groups excluding carboxylic acids is 1. The number of para-hydroxylation sites is 2. The average Bonchev–Trinajstić information content (AvgIpc) is 2.49. The summed E-state index contributed by atoms with van der Waals surface area (Å²) >= 11 is 3.33. The number of rotatable bonds is 3. The van der Waals surface area contributed by atoms with Crippen molar-refractivity contribution in [3.05, 3.63) is 53.0 Å². The number of nitrogens with zero attached hydrogens (tertiary/aromatic N) is 1. The largest absolute Gasteiger partial charge is 0.341 e. The maximum atomic E-state index is 12.1. The Bertz CT molecular complexity index is 910. The minimum Gasteiger partial charge on any atom is -0.341 e. The highest BCUT2D eigenvalue weighted by atomic mass is 79.9. The molecule has 0 aromatic heterocycles. The molecule has 0 aliphatic carbocycles. The van der Waals surface area contributed by atoms with Gasteiger partial charge in [-0.15, -0.1) is 4.40 Å². The van der Waals surface area contributed by atoms with E-state index in [-0.39, 0.29) is 23.1 Å². The quantitative estimate of drug-likeness (QED) is 0.838. The predicted molar refractivity (Wildman–Crippen MR) is 92.1 cm³/mol. The van der Waals surface area contributed by atoms with Gasteiger partial charge in [-0.05, 0) is 40.2 Å². The Morgan fingerprint density at radius 3 is 2.61 bits per heavy atom. The summed E-state index contributed by atoms with van der Waals surface area (Å²) in [6.07, 6.45) is -0.172. The highest BCUT2D eigenvalue weighted by Gasteiger charge is 2.25. The molecule has 2 aromatic carbocycles. The number of hydrogen-bond acceptors (Lipinski definition) is 4. The molecule has 0 spiro atoms. The molecule has 1 aliphatic heterocycles. The Labute approximate surface area is 141 Å². The predicted octanol–water partition coefficient (Wildman–Crippen LogP) is 2.99. The highest BCUT2D eigenvalue weighted by Crippen LogP contribution is 2.27. The van der Waals surface area contributed by atoms with Gasteiger partial charge in [-0.3, -0.25) is 4.79 Å². The summed E-state index contributed by atoms with van der Waals surface area (Å²) in [7, 11) is -3.78. The van der Waals surface area contributed by atoms with Crippen LogP contribution in [0.1, 0.15) is 6.42 Å². The van der Waals surface area contributed by atoms with Gasteiger partial charge in [0.25, 0.3) is 10.0 Å². The summed E-state index contributed by atoms with van der Waals surface area (Å²) in [4.78, 5) is 12.2. The molecule has 1 aliphatic rings. The van der Waals surface area contributed by atoms with Crippen LogP contribution in [0.3, 0.4) is 0 Å². The lowest BCUT2D eigenvalue weighted by Crippen LogP contribution is -2.26. The van der Waals surface area contributed by atoms with Crippen LogP contribution in [0.5, 0.6) is 0 Å². The van der Waals surface area contributed by atoms with Crippen LogP contribution in [-0.2, 0) is 14.8 Å². The van der Waals surface area contributed by atoms with Gasteiger partial charge < -0.3 is 10.6 Å². The van der Waals surface area contributed by atoms with E-state index in [4.69, 9.17) is 0 Å². The topological polar surface area (TPSA) is 87.6 Å². The number of amides is 1. The Morgan fingerprint density at radius 1 is 1.13 bits per heavy atom. The van der Waals surface area contributed by atoms with Crippen molar-refractivity contribution in [2.75, 3.05) is 10.6 Å². The molecule has 0 bridgehead atoms. The van der Waals surface area contributed by atoms with E-state index in [2.05, 4.69) is 31.0 Å². The number of carbonyl (C=O) groups is 1. The van der Waals surface area contributed by atoms with Crippen LogP contribution in [0.4, 0.5) is 11.4 Å². The van der Waals surface area contributed by atoms with Gasteiger partial charge >= 0.3 is 0 Å². The van der Waals surface area contributed by atoms with Gasteiger partial charge in [0, 0.05) is 4.47 Å². The fourth-order valence-corrected chi connectivity index (χ4v) is 3.68. The Morgan fingerprint density at radius 2 is 1.83 bits per heavy atom. The fraction of sp³-hybridized carbons (Fsp3) is 0.0667. The van der Waals surface area contributed by atoms with Crippen LogP contribution in [-0.4, -0.2) is 20.2 Å². The Hall–Kier alpha value is -2.19. The summed E-state index contributed by atoms with van der Waals surface area (Å²) in [6, 6.07) is 13.6. The first kappa shape index (κ1) is 15.7. The van der Waals surface area contributed by atoms with E-state index in [1.165, 1.54) is 6.07 Å². The number of amidine groups is 1. The second-order valence-electron chi connectivity index (χ2n) is 4.84. The van der Waals surface area contributed by atoms with Crippen LogP contribution in [0.2, 0.25) is 0 Å². The first-order valence-corrected chi connectivity index (χ1v) is 8.93. The third kappa shape index (κ3) is 3.43. The molecule has 0 unspecified atom stereocenters. The molecule has 1 amide bonds. The second-order valence-corrected chi connectivity index (χ2v) is 7.27. The van der Waals surface area contributed by atoms with Crippen LogP contribution < -0.4 is 10.6 Å². The molecule has 1 heterocycles. The molecule has 0 saturated heterocycles. The highest BCUT2D eigenvalue weighted by molar-refractivity contribution is 9.10. The minimum absolute atomic E-state index is 0.0910. The van der Waals surface area contributed by atoms with E-state index in [1.54, 1.807) is 36.4 Å². The van der Waals surface area contributed by atoms with E-state index in [9.17, 15) is 13.2 Å². The number of nitrogens with one attached hydrogen (secondary N) is 2. The SMILES string of the molecule is O=C(CC1=NS(=O)(=O)c2ccccc2N1)Nc1ccccc1Br. The van der Waals surface area contributed by atoms with Gasteiger partial charge in [0.05, 0.1) is 17.8 Å². The normalized spacial score (nSPS) is 15.1. The smallest absolute Gasteiger partial charge is 0.286 e. The third-order valence-electron chi connectivity index (χ3n) is 3.15. The van der Waals surface area contributed by atoms with Crippen molar-refractivity contribution in [1.29, 1.82) is 0 Å². The molecule has 23 heavy (non-hydrogen) atoms. The Kier molecular flexibility index (Phi) is 4.18. The molecule has 118 valence electrons. The zero-order chi connectivity index (χ0) is 16.4. The van der Waals surface area contributed by atoms with E-state index in [0.717, 1.165) is 4.47 Å². The van der Waals surface area contributed by atoms with E-state index in [1.807, 2.05) is 6.07 Å². The molecule has 2 N–H and O–H groups in total. The standard InChI is InChI=1S/C15H12BrN3O3S/c16-10-5-1-2-6-11(10)18-15(20)9-14-17-12-7-3-4-8-13(12)23(21,22)19-14/h1-8H,9H2,(H,17,19)(H,18,20). The molecular formula is C15H12BrN3O3S. The lowest BCUT2D eigenvalue weighted by molar-refractivity contribution is -0.115. The molecule has 6 nitrogen and oxygen atoms in total. The zero-order valence-corrected chi connectivity index (χ0v) is 14.2. The first-order chi connectivity index (χ1) is 11.0. The van der Waals surface area contributed by atoms with Gasteiger partial charge in [-0.25, -0.2) is 0 Å². The van der Waals surface area contributed by atoms with Crippen molar-refractivity contribution in [3.8, 4) is 0 Å². The number of benzene rings is 2. The molecule has 0 fully saturated rings. The second kappa shape index (κ2) is 6.13. The lowest BCUT2D eigenvalue weighted by Gasteiger charge is -2.17. The first-order valence-electron chi connectivity index (χ1n) is 6.70. The van der Waals surface area contributed by atoms with Crippen LogP contribution in [0, 0.1) is 0 Å². The van der Waals surface area contributed by atoms with Gasteiger partial charge in [-0.1, -0.05) is 24.3 Å². The van der Waals surface area contributed by atoms with E-state index >= 15 is 0 Å². The summed E-state index contributed by atoms with van der Waals surface area (Å²) in [5.74, 6) is -0.272. The van der Waals surface area contributed by atoms with Gasteiger partial charge in [0.15, 0.2) is 0 Å². The number of hydrogen-bond donors (Lipinski definition) is 2. The number of halogens is 1. The number of sulfonamides is 1. The van der Waals surface area contributed by atoms with Crippen LogP contribution >= 0.6 is 15.9 Å². The van der Waals surface area contributed by atoms with Gasteiger partial charge in [-0.2, -0.15) is 8.42 Å². The maximum Gasteiger partial charge on any atom is 0.286 e. The molecular weight excluding hydrogens is 382 g/mol. The molecule has 0 atom stereocenters. The molecule has 2 aromatic rings. The van der Waals surface area contributed by atoms with Gasteiger partial charge in [0.1, 0.15) is 10.7 Å². The zero-order valence-electron chi connectivity index (χ0n) is 11.8. The number of anilines is 2. The van der Waals surface area contributed by atoms with Crippen molar-refractivity contribution < 1.29 is 13.2 Å². The van der Waals surface area contributed by atoms with Crippen LogP contribution in [0.15, 0.2) is 62.3 Å². The van der Waals surface area contributed by atoms with Gasteiger partial charge in [0.2, 0.25) is 5.91 Å². The monoisotopic (exact) mass is 393 g/mol. The van der Waals surface area contributed by atoms with Crippen molar-refractivity contribution in [3.63, 3.8) is 0 Å². The molecule has 8 heteroatoms. The molecule has 0 saturated carbocycles. The summed E-state index contributed by atoms with van der Waals surface area (Å²) < 4.78 is 28.6. The van der Waals surface area contributed by atoms with Crippen molar-refractivity contribution in [2.45, 2.75) is 11.3 Å². The van der Waals surface area contributed by atoms with Crippen molar-refractivity contribution in [2.24, 2.45) is 4.40 Å². The molecule has 0 radical (unpaired) electrons. The van der Waals surface area contributed by atoms with Crippen molar-refractivity contribution >= 4 is 49.1 Å². The minimum atomic E-state index is -3.78. The average molecular weight is 394 g/mol. The van der Waals surface area contributed by atoms with E-state index < -0.39 is 10.0 Å². The Balaban J connectivity index is 1.78. The van der Waals surface area contributed by atoms with Crippen molar-refractivity contribution in [1.82, 2.24) is 0 Å². The lowest BCUT2D eigenvalue weighted by atomic mass is 10.2. The van der Waals surface area contributed by atoms with Crippen LogP contribution in [0.25, 0.3) is 0 Å². The fourth-order valence-electron chi connectivity index (χ4n) is 2.15.